The molecule has 0 aromatic carbocycles. The number of hydrogen-bond acceptors (Lipinski definition) is 7. The normalized spacial score (nSPS) is 25.2. The molecule has 28 heavy (non-hydrogen) atoms. The molecule has 1 aromatic heterocycles. The van der Waals surface area contributed by atoms with Gasteiger partial charge >= 0.3 is 0 Å². The average Bonchev–Trinajstić information content (AvgIpc) is 3.32. The summed E-state index contributed by atoms with van der Waals surface area (Å²) in [6.45, 7) is 4.38. The summed E-state index contributed by atoms with van der Waals surface area (Å²) in [4.78, 5) is 35.0. The quantitative estimate of drug-likeness (QED) is 0.581. The van der Waals surface area contributed by atoms with Gasteiger partial charge in [0.25, 0.3) is 0 Å². The van der Waals surface area contributed by atoms with E-state index in [0.29, 0.717) is 10.6 Å². The second kappa shape index (κ2) is 9.18. The van der Waals surface area contributed by atoms with Gasteiger partial charge in [0.1, 0.15) is 0 Å². The molecule has 3 aliphatic heterocycles. The third kappa shape index (κ3) is 5.00. The Balaban J connectivity index is 1.28. The van der Waals surface area contributed by atoms with Gasteiger partial charge in [0, 0.05) is 19.3 Å². The van der Waals surface area contributed by atoms with Crippen LogP contribution in [0.2, 0.25) is 0 Å². The van der Waals surface area contributed by atoms with Gasteiger partial charge in [0.05, 0.1) is 17.0 Å². The van der Waals surface area contributed by atoms with Crippen LogP contribution in [0.3, 0.4) is 0 Å². The summed E-state index contributed by atoms with van der Waals surface area (Å²) in [6, 6.07) is 1.79. The summed E-state index contributed by atoms with van der Waals surface area (Å²) in [5.41, 5.74) is 0.697. The van der Waals surface area contributed by atoms with Crippen LogP contribution in [0.5, 0.6) is 0 Å². The lowest BCUT2D eigenvalue weighted by atomic mass is 9.89. The van der Waals surface area contributed by atoms with Crippen molar-refractivity contribution in [3.63, 3.8) is 0 Å². The highest BCUT2D eigenvalue weighted by molar-refractivity contribution is 8.18. The fraction of sp³-hybridized carbons (Fsp3) is 0.619. The molecule has 1 atom stereocenters. The molecule has 0 amide bonds. The van der Waals surface area contributed by atoms with Gasteiger partial charge in [-0.25, -0.2) is 9.97 Å². The molecule has 0 bridgehead atoms. The number of aromatic nitrogens is 2. The Morgan fingerprint density at radius 1 is 1.18 bits per heavy atom. The van der Waals surface area contributed by atoms with Crippen molar-refractivity contribution in [2.75, 3.05) is 31.1 Å². The third-order valence-corrected chi connectivity index (χ3v) is 6.97. The molecule has 4 heterocycles. The summed E-state index contributed by atoms with van der Waals surface area (Å²) in [5.74, 6) is 2.33. The number of carbonyl (C=O) groups excluding carboxylic acids is 2. The number of piperidine rings is 1. The molecule has 7 heteroatoms. The minimum Gasteiger partial charge on any atom is -0.341 e. The molecule has 0 saturated carbocycles. The predicted octanol–water partition coefficient (Wildman–Crippen LogP) is 3.05. The molecule has 0 aliphatic carbocycles. The fourth-order valence-electron chi connectivity index (χ4n) is 4.35. The smallest absolute Gasteiger partial charge is 0.225 e. The Kier molecular flexibility index (Phi) is 6.42. The number of hydrogen-bond donors (Lipinski definition) is 1. The van der Waals surface area contributed by atoms with Crippen molar-refractivity contribution in [3.8, 4) is 0 Å². The standard InChI is InChI=1S/C21H28N4O2S/c26-18-13-20(27)28-19(18)12-17-5-9-23-21(24-17)25-10-6-15(7-11-25)2-1-3-16-4-8-22-14-16/h5,9,12,15-16,22H,1-4,6-8,10-11,13-14H2/b19-12-. The molecule has 0 radical (unpaired) electrons. The average molecular weight is 401 g/mol. The van der Waals surface area contributed by atoms with Crippen molar-refractivity contribution in [1.29, 1.82) is 0 Å². The molecule has 6 nitrogen and oxygen atoms in total. The molecule has 1 unspecified atom stereocenters. The van der Waals surface area contributed by atoms with E-state index in [0.717, 1.165) is 42.6 Å². The topological polar surface area (TPSA) is 75.2 Å². The second-order valence-electron chi connectivity index (χ2n) is 8.08. The summed E-state index contributed by atoms with van der Waals surface area (Å²) in [7, 11) is 0. The minimum absolute atomic E-state index is 0.000781. The van der Waals surface area contributed by atoms with E-state index in [-0.39, 0.29) is 17.3 Å². The molecule has 3 aliphatic rings. The zero-order valence-electron chi connectivity index (χ0n) is 16.2. The van der Waals surface area contributed by atoms with Gasteiger partial charge in [-0.05, 0) is 74.5 Å². The lowest BCUT2D eigenvalue weighted by Gasteiger charge is -2.32. The van der Waals surface area contributed by atoms with E-state index in [4.69, 9.17) is 0 Å². The van der Waals surface area contributed by atoms with Gasteiger partial charge in [-0.2, -0.15) is 0 Å². The van der Waals surface area contributed by atoms with Gasteiger partial charge in [0.15, 0.2) is 5.78 Å². The maximum absolute atomic E-state index is 11.8. The van der Waals surface area contributed by atoms with Crippen LogP contribution in [0.15, 0.2) is 17.2 Å². The molecule has 1 N–H and O–H groups in total. The zero-order chi connectivity index (χ0) is 19.3. The highest BCUT2D eigenvalue weighted by atomic mass is 32.2. The number of allylic oxidation sites excluding steroid dienone is 1. The van der Waals surface area contributed by atoms with Crippen molar-refractivity contribution in [2.24, 2.45) is 11.8 Å². The Labute approximate surface area is 170 Å². The van der Waals surface area contributed by atoms with E-state index >= 15 is 0 Å². The maximum atomic E-state index is 11.8. The van der Waals surface area contributed by atoms with Crippen LogP contribution in [-0.4, -0.2) is 47.0 Å². The number of anilines is 1. The van der Waals surface area contributed by atoms with Crippen LogP contribution in [0, 0.1) is 11.8 Å². The van der Waals surface area contributed by atoms with Crippen LogP contribution >= 0.6 is 11.8 Å². The fourth-order valence-corrected chi connectivity index (χ4v) is 5.16. The molecule has 0 spiro atoms. The first kappa shape index (κ1) is 19.6. The second-order valence-corrected chi connectivity index (χ2v) is 9.18. The molecule has 1 aromatic rings. The molecule has 150 valence electrons. The summed E-state index contributed by atoms with van der Waals surface area (Å²) >= 11 is 1.02. The van der Waals surface area contributed by atoms with E-state index in [9.17, 15) is 9.59 Å². The maximum Gasteiger partial charge on any atom is 0.225 e. The highest BCUT2D eigenvalue weighted by Gasteiger charge is 2.26. The van der Waals surface area contributed by atoms with Gasteiger partial charge < -0.3 is 10.2 Å². The Bertz CT molecular complexity index is 753. The molecule has 4 rings (SSSR count). The van der Waals surface area contributed by atoms with Gasteiger partial charge in [-0.1, -0.05) is 12.8 Å². The van der Waals surface area contributed by atoms with Crippen LogP contribution in [0.25, 0.3) is 6.08 Å². The van der Waals surface area contributed by atoms with Crippen molar-refractivity contribution in [2.45, 2.75) is 44.9 Å². The van der Waals surface area contributed by atoms with E-state index in [2.05, 4.69) is 20.2 Å². The molecular formula is C21H28N4O2S. The number of nitrogens with zero attached hydrogens (tertiary/aromatic N) is 3. The van der Waals surface area contributed by atoms with Gasteiger partial charge in [0.2, 0.25) is 11.1 Å². The number of thioether (sulfide) groups is 1. The van der Waals surface area contributed by atoms with Crippen molar-refractivity contribution < 1.29 is 9.59 Å². The van der Waals surface area contributed by atoms with Gasteiger partial charge in [-0.15, -0.1) is 0 Å². The minimum atomic E-state index is -0.107. The van der Waals surface area contributed by atoms with Crippen LogP contribution < -0.4 is 10.2 Å². The molecule has 3 saturated heterocycles. The lowest BCUT2D eigenvalue weighted by molar-refractivity contribution is -0.119. The van der Waals surface area contributed by atoms with E-state index < -0.39 is 0 Å². The van der Waals surface area contributed by atoms with Crippen LogP contribution in [0.1, 0.15) is 50.6 Å². The highest BCUT2D eigenvalue weighted by Crippen LogP contribution is 2.31. The van der Waals surface area contributed by atoms with Crippen molar-refractivity contribution >= 4 is 34.7 Å². The predicted molar refractivity (Wildman–Crippen MR) is 112 cm³/mol. The first-order chi connectivity index (χ1) is 13.7. The van der Waals surface area contributed by atoms with E-state index in [1.54, 1.807) is 18.3 Å². The Morgan fingerprint density at radius 2 is 2.00 bits per heavy atom. The van der Waals surface area contributed by atoms with Crippen molar-refractivity contribution in [1.82, 2.24) is 15.3 Å². The van der Waals surface area contributed by atoms with Crippen molar-refractivity contribution in [3.05, 3.63) is 22.9 Å². The summed E-state index contributed by atoms with van der Waals surface area (Å²) < 4.78 is 0. The van der Waals surface area contributed by atoms with E-state index in [1.165, 1.54) is 51.6 Å². The Morgan fingerprint density at radius 3 is 2.71 bits per heavy atom. The van der Waals surface area contributed by atoms with E-state index in [1.807, 2.05) is 0 Å². The lowest BCUT2D eigenvalue weighted by Crippen LogP contribution is -2.35. The monoisotopic (exact) mass is 400 g/mol. The van der Waals surface area contributed by atoms with Crippen LogP contribution in [-0.2, 0) is 9.59 Å². The molecular weight excluding hydrogens is 372 g/mol. The zero-order valence-corrected chi connectivity index (χ0v) is 17.0. The van der Waals surface area contributed by atoms with Gasteiger partial charge in [-0.3, -0.25) is 9.59 Å². The number of carbonyl (C=O) groups is 2. The number of rotatable bonds is 6. The number of ketones is 1. The van der Waals surface area contributed by atoms with Crippen LogP contribution in [0.4, 0.5) is 5.95 Å². The third-order valence-electron chi connectivity index (χ3n) is 6.03. The summed E-state index contributed by atoms with van der Waals surface area (Å²) in [5, 5.41) is 3.37. The largest absolute Gasteiger partial charge is 0.341 e. The molecule has 3 fully saturated rings. The Hall–Kier alpha value is -1.73. The number of Topliss-reactive ketones (excluding diaryl/α,β-unsaturated/α-hetero) is 1. The SMILES string of the molecule is O=C1CC(=O)/C(=C/c2ccnc(N3CCC(CCCC4CCNC4)CC3)n2)S1. The first-order valence-corrected chi connectivity index (χ1v) is 11.2. The number of nitrogens with one attached hydrogen (secondary N) is 1. The summed E-state index contributed by atoms with van der Waals surface area (Å²) in [6.07, 6.45) is 11.2. The first-order valence-electron chi connectivity index (χ1n) is 10.4.